The molecule has 0 bridgehead atoms. The SMILES string of the molecule is CC[C@@H](O)c1ccccc1Oc1cc(Br)c(OC)cc1Br. The van der Waals surface area contributed by atoms with E-state index in [1.54, 1.807) is 7.11 Å². The van der Waals surface area contributed by atoms with Crippen LogP contribution in [0.1, 0.15) is 25.0 Å². The van der Waals surface area contributed by atoms with Crippen LogP contribution >= 0.6 is 31.9 Å². The molecule has 0 spiro atoms. The Hall–Kier alpha value is -1.04. The van der Waals surface area contributed by atoms with Crippen LogP contribution in [0, 0.1) is 0 Å². The van der Waals surface area contributed by atoms with Crippen molar-refractivity contribution in [1.29, 1.82) is 0 Å². The van der Waals surface area contributed by atoms with E-state index in [1.807, 2.05) is 43.3 Å². The summed E-state index contributed by atoms with van der Waals surface area (Å²) in [6, 6.07) is 11.2. The van der Waals surface area contributed by atoms with Gasteiger partial charge in [0, 0.05) is 5.56 Å². The number of halogens is 2. The van der Waals surface area contributed by atoms with Crippen LogP contribution in [0.25, 0.3) is 0 Å². The molecule has 112 valence electrons. The van der Waals surface area contributed by atoms with E-state index < -0.39 is 6.10 Å². The molecule has 0 aromatic heterocycles. The Bertz CT molecular complexity index is 629. The second-order valence-electron chi connectivity index (χ2n) is 4.48. The summed E-state index contributed by atoms with van der Waals surface area (Å²) in [4.78, 5) is 0. The highest BCUT2D eigenvalue weighted by molar-refractivity contribution is 9.11. The average Bonchev–Trinajstić information content (AvgIpc) is 2.50. The predicted octanol–water partition coefficient (Wildman–Crippen LogP) is 5.46. The van der Waals surface area contributed by atoms with Crippen LogP contribution in [0.15, 0.2) is 45.3 Å². The predicted molar refractivity (Wildman–Crippen MR) is 90.2 cm³/mol. The van der Waals surface area contributed by atoms with E-state index in [0.29, 0.717) is 17.9 Å². The first-order valence-electron chi connectivity index (χ1n) is 6.54. The molecule has 1 atom stereocenters. The maximum atomic E-state index is 10.1. The summed E-state index contributed by atoms with van der Waals surface area (Å²) in [5.41, 5.74) is 0.777. The number of rotatable bonds is 5. The molecular formula is C16H16Br2O3. The van der Waals surface area contributed by atoms with Crippen LogP contribution in [-0.2, 0) is 0 Å². The van der Waals surface area contributed by atoms with Gasteiger partial charge in [-0.3, -0.25) is 0 Å². The van der Waals surface area contributed by atoms with Gasteiger partial charge in [0.25, 0.3) is 0 Å². The summed E-state index contributed by atoms with van der Waals surface area (Å²) in [6.07, 6.45) is 0.0927. The molecule has 0 aliphatic rings. The van der Waals surface area contributed by atoms with Crippen LogP contribution in [-0.4, -0.2) is 12.2 Å². The highest BCUT2D eigenvalue weighted by Gasteiger charge is 2.14. The molecule has 2 aromatic carbocycles. The van der Waals surface area contributed by atoms with Crippen molar-refractivity contribution in [1.82, 2.24) is 0 Å². The van der Waals surface area contributed by atoms with Crippen molar-refractivity contribution in [2.75, 3.05) is 7.11 Å². The monoisotopic (exact) mass is 414 g/mol. The van der Waals surface area contributed by atoms with Gasteiger partial charge in [0.2, 0.25) is 0 Å². The molecule has 0 saturated carbocycles. The molecular weight excluding hydrogens is 400 g/mol. The van der Waals surface area contributed by atoms with Gasteiger partial charge >= 0.3 is 0 Å². The van der Waals surface area contributed by atoms with Crippen molar-refractivity contribution in [3.8, 4) is 17.2 Å². The van der Waals surface area contributed by atoms with Crippen LogP contribution in [0.4, 0.5) is 0 Å². The second kappa shape index (κ2) is 7.29. The van der Waals surface area contributed by atoms with Gasteiger partial charge in [0.15, 0.2) is 0 Å². The molecule has 0 radical (unpaired) electrons. The largest absolute Gasteiger partial charge is 0.496 e. The zero-order valence-electron chi connectivity index (χ0n) is 11.8. The first kappa shape index (κ1) is 16.3. The average molecular weight is 416 g/mol. The Labute approximate surface area is 141 Å². The Morgan fingerprint density at radius 1 is 1.05 bits per heavy atom. The lowest BCUT2D eigenvalue weighted by Crippen LogP contribution is -1.99. The quantitative estimate of drug-likeness (QED) is 0.704. The highest BCUT2D eigenvalue weighted by atomic mass is 79.9. The van der Waals surface area contributed by atoms with Gasteiger partial charge in [0.1, 0.15) is 17.2 Å². The maximum Gasteiger partial charge on any atom is 0.143 e. The molecule has 0 heterocycles. The molecule has 0 aliphatic carbocycles. The minimum absolute atomic E-state index is 0.540. The molecule has 0 aliphatic heterocycles. The number of aliphatic hydroxyl groups excluding tert-OH is 1. The van der Waals surface area contributed by atoms with Crippen molar-refractivity contribution >= 4 is 31.9 Å². The summed E-state index contributed by atoms with van der Waals surface area (Å²) in [6.45, 7) is 1.93. The molecule has 3 nitrogen and oxygen atoms in total. The van der Waals surface area contributed by atoms with Crippen molar-refractivity contribution in [2.45, 2.75) is 19.4 Å². The van der Waals surface area contributed by atoms with E-state index in [9.17, 15) is 5.11 Å². The van der Waals surface area contributed by atoms with E-state index in [-0.39, 0.29) is 0 Å². The van der Waals surface area contributed by atoms with Gasteiger partial charge in [-0.2, -0.15) is 0 Å². The normalized spacial score (nSPS) is 12.0. The number of para-hydroxylation sites is 1. The number of ether oxygens (including phenoxy) is 2. The fourth-order valence-corrected chi connectivity index (χ4v) is 2.82. The lowest BCUT2D eigenvalue weighted by Gasteiger charge is -2.16. The highest BCUT2D eigenvalue weighted by Crippen LogP contribution is 2.39. The molecule has 0 amide bonds. The summed E-state index contributed by atoms with van der Waals surface area (Å²) >= 11 is 6.91. The number of hydrogen-bond donors (Lipinski definition) is 1. The lowest BCUT2D eigenvalue weighted by molar-refractivity contribution is 0.170. The summed E-state index contributed by atoms with van der Waals surface area (Å²) < 4.78 is 12.8. The fraction of sp³-hybridized carbons (Fsp3) is 0.250. The van der Waals surface area contributed by atoms with E-state index in [2.05, 4.69) is 31.9 Å². The summed E-state index contributed by atoms with van der Waals surface area (Å²) in [7, 11) is 1.61. The second-order valence-corrected chi connectivity index (χ2v) is 6.19. The van der Waals surface area contributed by atoms with Gasteiger partial charge in [-0.05, 0) is 56.5 Å². The molecule has 1 N–H and O–H groups in total. The Morgan fingerprint density at radius 3 is 2.33 bits per heavy atom. The minimum atomic E-state index is -0.540. The van der Waals surface area contributed by atoms with Crippen LogP contribution in [0.2, 0.25) is 0 Å². The van der Waals surface area contributed by atoms with E-state index in [4.69, 9.17) is 9.47 Å². The van der Waals surface area contributed by atoms with Crippen LogP contribution in [0.3, 0.4) is 0 Å². The standard InChI is InChI=1S/C16H16Br2O3/c1-3-13(19)10-6-4-5-7-14(10)21-16-9-11(17)15(20-2)8-12(16)18/h4-9,13,19H,3H2,1-2H3/t13-/m1/s1. The van der Waals surface area contributed by atoms with Gasteiger partial charge in [0.05, 0.1) is 22.2 Å². The smallest absolute Gasteiger partial charge is 0.143 e. The molecule has 0 saturated heterocycles. The van der Waals surface area contributed by atoms with Crippen LogP contribution < -0.4 is 9.47 Å². The third-order valence-electron chi connectivity index (χ3n) is 3.09. The Kier molecular flexibility index (Phi) is 5.67. The number of methoxy groups -OCH3 is 1. The van der Waals surface area contributed by atoms with Gasteiger partial charge in [-0.1, -0.05) is 25.1 Å². The van der Waals surface area contributed by atoms with Crippen LogP contribution in [0.5, 0.6) is 17.2 Å². The van der Waals surface area contributed by atoms with Crippen molar-refractivity contribution in [2.24, 2.45) is 0 Å². The zero-order valence-corrected chi connectivity index (χ0v) is 14.9. The molecule has 5 heteroatoms. The van der Waals surface area contributed by atoms with Crippen molar-refractivity contribution in [3.05, 3.63) is 50.9 Å². The number of benzene rings is 2. The lowest BCUT2D eigenvalue weighted by atomic mass is 10.1. The summed E-state index contributed by atoms with van der Waals surface area (Å²) in [5, 5.41) is 10.1. The molecule has 0 unspecified atom stereocenters. The number of hydrogen-bond acceptors (Lipinski definition) is 3. The first-order chi connectivity index (χ1) is 10.1. The number of aliphatic hydroxyl groups is 1. The first-order valence-corrected chi connectivity index (χ1v) is 8.13. The van der Waals surface area contributed by atoms with Crippen molar-refractivity contribution < 1.29 is 14.6 Å². The topological polar surface area (TPSA) is 38.7 Å². The third-order valence-corrected chi connectivity index (χ3v) is 4.33. The summed E-state index contributed by atoms with van der Waals surface area (Å²) in [5.74, 6) is 2.01. The Morgan fingerprint density at radius 2 is 1.67 bits per heavy atom. The third kappa shape index (κ3) is 3.78. The molecule has 21 heavy (non-hydrogen) atoms. The van der Waals surface area contributed by atoms with Gasteiger partial charge < -0.3 is 14.6 Å². The maximum absolute atomic E-state index is 10.1. The Balaban J connectivity index is 2.37. The van der Waals surface area contributed by atoms with E-state index in [1.165, 1.54) is 0 Å². The zero-order chi connectivity index (χ0) is 15.4. The van der Waals surface area contributed by atoms with Gasteiger partial charge in [-0.25, -0.2) is 0 Å². The minimum Gasteiger partial charge on any atom is -0.496 e. The van der Waals surface area contributed by atoms with E-state index in [0.717, 1.165) is 20.3 Å². The molecule has 2 rings (SSSR count). The molecule has 2 aromatic rings. The van der Waals surface area contributed by atoms with Gasteiger partial charge in [-0.15, -0.1) is 0 Å². The van der Waals surface area contributed by atoms with Crippen molar-refractivity contribution in [3.63, 3.8) is 0 Å². The van der Waals surface area contributed by atoms with E-state index >= 15 is 0 Å². The molecule has 0 fully saturated rings. The fourth-order valence-electron chi connectivity index (χ4n) is 1.93.